The van der Waals surface area contributed by atoms with E-state index in [1.165, 1.54) is 0 Å². The summed E-state index contributed by atoms with van der Waals surface area (Å²) >= 11 is 0. The van der Waals surface area contributed by atoms with Gasteiger partial charge in [0.15, 0.2) is 0 Å². The molecule has 0 aromatic rings. The normalized spacial score (nSPS) is 42.0. The molecule has 0 aliphatic heterocycles. The highest BCUT2D eigenvalue weighted by molar-refractivity contribution is 5.12. The Morgan fingerprint density at radius 1 is 1.08 bits per heavy atom. The molecule has 1 aliphatic carbocycles. The van der Waals surface area contributed by atoms with E-state index in [4.69, 9.17) is 0 Å². The molecule has 1 aliphatic rings. The molecule has 0 spiro atoms. The van der Waals surface area contributed by atoms with Crippen LogP contribution < -0.4 is 0 Å². The third kappa shape index (κ3) is 0.913. The summed E-state index contributed by atoms with van der Waals surface area (Å²) in [5.41, 5.74) is -1.40. The van der Waals surface area contributed by atoms with Crippen molar-refractivity contribution >= 4 is 0 Å². The molecule has 3 heteroatoms. The standard InChI is InChI=1S/C9H15F3/c1-5(2)8(9(10,11)12)6(3)7(8)4/h5-7H,1-4H3. The molecule has 0 bridgehead atoms. The van der Waals surface area contributed by atoms with Crippen molar-refractivity contribution in [3.05, 3.63) is 0 Å². The average Bonchev–Trinajstić information content (AvgIpc) is 2.34. The van der Waals surface area contributed by atoms with Gasteiger partial charge in [-0.15, -0.1) is 0 Å². The van der Waals surface area contributed by atoms with Gasteiger partial charge in [0.2, 0.25) is 0 Å². The average molecular weight is 180 g/mol. The molecule has 2 unspecified atom stereocenters. The van der Waals surface area contributed by atoms with Crippen molar-refractivity contribution in [3.63, 3.8) is 0 Å². The minimum absolute atomic E-state index is 0.211. The minimum Gasteiger partial charge on any atom is -0.170 e. The van der Waals surface area contributed by atoms with Crippen LogP contribution in [-0.2, 0) is 0 Å². The molecule has 0 radical (unpaired) electrons. The predicted octanol–water partition coefficient (Wildman–Crippen LogP) is 3.48. The van der Waals surface area contributed by atoms with Crippen molar-refractivity contribution in [1.82, 2.24) is 0 Å². The predicted molar refractivity (Wildman–Crippen MR) is 41.7 cm³/mol. The van der Waals surface area contributed by atoms with Crippen molar-refractivity contribution < 1.29 is 13.2 Å². The topological polar surface area (TPSA) is 0 Å². The number of alkyl halides is 3. The number of hydrogen-bond donors (Lipinski definition) is 0. The first-order chi connectivity index (χ1) is 5.26. The van der Waals surface area contributed by atoms with Crippen LogP contribution in [0.1, 0.15) is 27.7 Å². The van der Waals surface area contributed by atoms with Gasteiger partial charge in [-0.2, -0.15) is 13.2 Å². The molecular formula is C9H15F3. The Morgan fingerprint density at radius 3 is 1.42 bits per heavy atom. The molecule has 72 valence electrons. The molecule has 12 heavy (non-hydrogen) atoms. The summed E-state index contributed by atoms with van der Waals surface area (Å²) in [7, 11) is 0. The van der Waals surface area contributed by atoms with Crippen LogP contribution in [0.4, 0.5) is 13.2 Å². The van der Waals surface area contributed by atoms with Gasteiger partial charge >= 0.3 is 6.18 Å². The molecule has 0 aromatic heterocycles. The fourth-order valence-corrected chi connectivity index (χ4v) is 2.70. The minimum atomic E-state index is -4.03. The van der Waals surface area contributed by atoms with E-state index >= 15 is 0 Å². The zero-order valence-corrected chi connectivity index (χ0v) is 7.87. The largest absolute Gasteiger partial charge is 0.395 e. The second-order valence-corrected chi connectivity index (χ2v) is 4.16. The Kier molecular flexibility index (Phi) is 1.97. The molecule has 1 fully saturated rings. The first kappa shape index (κ1) is 9.87. The van der Waals surface area contributed by atoms with Crippen LogP contribution in [0.5, 0.6) is 0 Å². The zero-order chi connectivity index (χ0) is 9.73. The first-order valence-corrected chi connectivity index (χ1v) is 4.33. The molecule has 0 N–H and O–H groups in total. The van der Waals surface area contributed by atoms with Crippen molar-refractivity contribution in [2.24, 2.45) is 23.2 Å². The van der Waals surface area contributed by atoms with Gasteiger partial charge in [0.1, 0.15) is 0 Å². The van der Waals surface area contributed by atoms with Crippen molar-refractivity contribution in [2.45, 2.75) is 33.9 Å². The van der Waals surface area contributed by atoms with Gasteiger partial charge in [-0.3, -0.25) is 0 Å². The highest BCUT2D eigenvalue weighted by Gasteiger charge is 2.75. The summed E-state index contributed by atoms with van der Waals surface area (Å²) in [5.74, 6) is -0.725. The van der Waals surface area contributed by atoms with Crippen LogP contribution in [0.15, 0.2) is 0 Å². The van der Waals surface area contributed by atoms with E-state index in [1.807, 2.05) is 0 Å². The summed E-state index contributed by atoms with van der Waals surface area (Å²) in [6.07, 6.45) is -4.03. The van der Waals surface area contributed by atoms with Crippen LogP contribution in [0.3, 0.4) is 0 Å². The molecular weight excluding hydrogens is 165 g/mol. The zero-order valence-electron chi connectivity index (χ0n) is 7.87. The number of hydrogen-bond acceptors (Lipinski definition) is 0. The summed E-state index contributed by atoms with van der Waals surface area (Å²) in [6, 6.07) is 0. The molecule has 0 saturated heterocycles. The second kappa shape index (κ2) is 2.39. The van der Waals surface area contributed by atoms with Crippen molar-refractivity contribution in [1.29, 1.82) is 0 Å². The Balaban J connectivity index is 2.94. The summed E-state index contributed by atoms with van der Waals surface area (Å²) < 4.78 is 37.9. The first-order valence-electron chi connectivity index (χ1n) is 4.33. The highest BCUT2D eigenvalue weighted by Crippen LogP contribution is 2.70. The Hall–Kier alpha value is -0.210. The Bertz CT molecular complexity index is 163. The van der Waals surface area contributed by atoms with Gasteiger partial charge < -0.3 is 0 Å². The fourth-order valence-electron chi connectivity index (χ4n) is 2.70. The second-order valence-electron chi connectivity index (χ2n) is 4.16. The van der Waals surface area contributed by atoms with Crippen molar-refractivity contribution in [3.8, 4) is 0 Å². The maximum atomic E-state index is 12.6. The van der Waals surface area contributed by atoms with Gasteiger partial charge in [0.05, 0.1) is 5.41 Å². The molecule has 2 atom stereocenters. The van der Waals surface area contributed by atoms with Gasteiger partial charge in [-0.25, -0.2) is 0 Å². The summed E-state index contributed by atoms with van der Waals surface area (Å²) in [4.78, 5) is 0. The van der Waals surface area contributed by atoms with E-state index < -0.39 is 11.6 Å². The van der Waals surface area contributed by atoms with Gasteiger partial charge in [0, 0.05) is 0 Å². The van der Waals surface area contributed by atoms with E-state index in [-0.39, 0.29) is 17.8 Å². The maximum Gasteiger partial charge on any atom is 0.395 e. The van der Waals surface area contributed by atoms with Gasteiger partial charge in [0.25, 0.3) is 0 Å². The third-order valence-corrected chi connectivity index (χ3v) is 3.59. The SMILES string of the molecule is CC(C)C1(C(F)(F)F)C(C)C1C. The Labute approximate surface area is 71.1 Å². The molecule has 0 nitrogen and oxygen atoms in total. The lowest BCUT2D eigenvalue weighted by atomic mass is 9.88. The van der Waals surface area contributed by atoms with Gasteiger partial charge in [-0.1, -0.05) is 27.7 Å². The molecule has 1 rings (SSSR count). The van der Waals surface area contributed by atoms with Crippen LogP contribution in [0.2, 0.25) is 0 Å². The van der Waals surface area contributed by atoms with Crippen molar-refractivity contribution in [2.75, 3.05) is 0 Å². The lowest BCUT2D eigenvalue weighted by Crippen LogP contribution is -2.32. The van der Waals surface area contributed by atoms with E-state index in [2.05, 4.69) is 0 Å². The number of halogens is 3. The van der Waals surface area contributed by atoms with E-state index in [0.29, 0.717) is 0 Å². The van der Waals surface area contributed by atoms with Gasteiger partial charge in [-0.05, 0) is 17.8 Å². The molecule has 0 heterocycles. The van der Waals surface area contributed by atoms with Crippen LogP contribution in [0, 0.1) is 23.2 Å². The Morgan fingerprint density at radius 2 is 1.42 bits per heavy atom. The van der Waals surface area contributed by atoms with E-state index in [0.717, 1.165) is 0 Å². The maximum absolute atomic E-state index is 12.6. The summed E-state index contributed by atoms with van der Waals surface area (Å²) in [6.45, 7) is 6.71. The van der Waals surface area contributed by atoms with Crippen LogP contribution in [0.25, 0.3) is 0 Å². The highest BCUT2D eigenvalue weighted by atomic mass is 19.4. The molecule has 1 saturated carbocycles. The lowest BCUT2D eigenvalue weighted by Gasteiger charge is -2.25. The molecule has 0 amide bonds. The van der Waals surface area contributed by atoms with Crippen LogP contribution in [-0.4, -0.2) is 6.18 Å². The fraction of sp³-hybridized carbons (Fsp3) is 1.00. The lowest BCUT2D eigenvalue weighted by molar-refractivity contribution is -0.208. The smallest absolute Gasteiger partial charge is 0.170 e. The third-order valence-electron chi connectivity index (χ3n) is 3.59. The quantitative estimate of drug-likeness (QED) is 0.579. The van der Waals surface area contributed by atoms with E-state index in [9.17, 15) is 13.2 Å². The van der Waals surface area contributed by atoms with Crippen LogP contribution >= 0.6 is 0 Å². The monoisotopic (exact) mass is 180 g/mol. The summed E-state index contributed by atoms with van der Waals surface area (Å²) in [5, 5.41) is 0. The molecule has 0 aromatic carbocycles. The number of rotatable bonds is 1. The van der Waals surface area contributed by atoms with E-state index in [1.54, 1.807) is 27.7 Å².